The number of rotatable bonds is 6. The number of amides is 1. The molecule has 0 aliphatic carbocycles. The number of nitrogens with one attached hydrogen (secondary N) is 1. The fourth-order valence-electron chi connectivity index (χ4n) is 2.49. The van der Waals surface area contributed by atoms with Crippen LogP contribution in [0.1, 0.15) is 24.7 Å². The van der Waals surface area contributed by atoms with Crippen molar-refractivity contribution in [1.29, 1.82) is 0 Å². The Labute approximate surface area is 153 Å². The zero-order chi connectivity index (χ0) is 19.4. The van der Waals surface area contributed by atoms with Crippen molar-refractivity contribution in [3.8, 4) is 17.1 Å². The molecule has 3 heterocycles. The van der Waals surface area contributed by atoms with Gasteiger partial charge in [-0.3, -0.25) is 4.98 Å². The van der Waals surface area contributed by atoms with Gasteiger partial charge >= 0.3 is 6.09 Å². The number of ether oxygens (including phenoxy) is 1. The highest BCUT2D eigenvalue weighted by molar-refractivity contribution is 5.82. The average molecular weight is 374 g/mol. The van der Waals surface area contributed by atoms with E-state index in [-0.39, 0.29) is 24.7 Å². The summed E-state index contributed by atoms with van der Waals surface area (Å²) in [7, 11) is 0. The maximum absolute atomic E-state index is 12.9. The first-order chi connectivity index (χ1) is 13.0. The van der Waals surface area contributed by atoms with Crippen LogP contribution in [0.15, 0.2) is 36.5 Å². The predicted octanol–water partition coefficient (Wildman–Crippen LogP) is 3.80. The van der Waals surface area contributed by atoms with Crippen molar-refractivity contribution in [3.63, 3.8) is 0 Å². The minimum absolute atomic E-state index is 0.0476. The van der Waals surface area contributed by atoms with E-state index >= 15 is 0 Å². The third-order valence-corrected chi connectivity index (χ3v) is 3.71. The highest BCUT2D eigenvalue weighted by Crippen LogP contribution is 2.31. The quantitative estimate of drug-likeness (QED) is 0.681. The molecule has 0 radical (unpaired) electrons. The minimum Gasteiger partial charge on any atom is -0.477 e. The third-order valence-electron chi connectivity index (χ3n) is 3.71. The second kappa shape index (κ2) is 7.90. The second-order valence-corrected chi connectivity index (χ2v) is 5.55. The van der Waals surface area contributed by atoms with Crippen molar-refractivity contribution in [2.24, 2.45) is 0 Å². The minimum atomic E-state index is -2.70. The number of nitrogens with zero attached hydrogens (tertiary/aromatic N) is 3. The largest absolute Gasteiger partial charge is 0.477 e. The number of hydrogen-bond donors (Lipinski definition) is 2. The molecular weight excluding hydrogens is 358 g/mol. The zero-order valence-corrected chi connectivity index (χ0v) is 14.3. The van der Waals surface area contributed by atoms with Crippen LogP contribution in [0.2, 0.25) is 0 Å². The van der Waals surface area contributed by atoms with Crippen LogP contribution in [-0.2, 0) is 6.54 Å². The Morgan fingerprint density at radius 2 is 2.07 bits per heavy atom. The fraction of sp³-hybridized carbons (Fsp3) is 0.222. The topological polar surface area (TPSA) is 97.2 Å². The van der Waals surface area contributed by atoms with Gasteiger partial charge in [0, 0.05) is 11.6 Å². The molecule has 0 atom stereocenters. The fourth-order valence-corrected chi connectivity index (χ4v) is 2.49. The van der Waals surface area contributed by atoms with E-state index in [1.807, 2.05) is 0 Å². The first kappa shape index (κ1) is 18.4. The lowest BCUT2D eigenvalue weighted by Gasteiger charge is -2.11. The van der Waals surface area contributed by atoms with E-state index in [9.17, 15) is 13.6 Å². The Balaban J connectivity index is 2.01. The smallest absolute Gasteiger partial charge is 0.404 e. The molecule has 3 aromatic heterocycles. The summed E-state index contributed by atoms with van der Waals surface area (Å²) < 4.78 is 31.2. The van der Waals surface area contributed by atoms with Crippen molar-refractivity contribution >= 4 is 17.0 Å². The highest BCUT2D eigenvalue weighted by atomic mass is 19.3. The Hall–Kier alpha value is -3.36. The maximum atomic E-state index is 12.9. The SMILES string of the molecule is CCOc1nc(C(F)F)ccc1-c1ccc2cnc(CNC(=O)O)cc2n1. The van der Waals surface area contributed by atoms with Crippen LogP contribution >= 0.6 is 0 Å². The van der Waals surface area contributed by atoms with Crippen molar-refractivity contribution in [1.82, 2.24) is 20.3 Å². The molecule has 0 spiro atoms. The molecule has 140 valence electrons. The lowest BCUT2D eigenvalue weighted by molar-refractivity contribution is 0.144. The number of aromatic nitrogens is 3. The second-order valence-electron chi connectivity index (χ2n) is 5.55. The molecule has 27 heavy (non-hydrogen) atoms. The van der Waals surface area contributed by atoms with Crippen LogP contribution < -0.4 is 10.1 Å². The Bertz CT molecular complexity index is 982. The van der Waals surface area contributed by atoms with E-state index in [1.165, 1.54) is 12.1 Å². The molecule has 1 amide bonds. The van der Waals surface area contributed by atoms with Gasteiger partial charge in [-0.1, -0.05) is 0 Å². The van der Waals surface area contributed by atoms with Gasteiger partial charge in [0.1, 0.15) is 5.69 Å². The number of hydrogen-bond acceptors (Lipinski definition) is 5. The van der Waals surface area contributed by atoms with Gasteiger partial charge in [0.05, 0.1) is 35.6 Å². The molecule has 0 saturated carbocycles. The summed E-state index contributed by atoms with van der Waals surface area (Å²) in [6.07, 6.45) is -2.25. The Morgan fingerprint density at radius 1 is 1.26 bits per heavy atom. The van der Waals surface area contributed by atoms with E-state index in [2.05, 4.69) is 20.3 Å². The molecule has 7 nitrogen and oxygen atoms in total. The van der Waals surface area contributed by atoms with Gasteiger partial charge in [0.25, 0.3) is 6.43 Å². The molecule has 0 unspecified atom stereocenters. The lowest BCUT2D eigenvalue weighted by Crippen LogP contribution is -2.20. The Kier molecular flexibility index (Phi) is 5.39. The normalized spacial score (nSPS) is 11.0. The van der Waals surface area contributed by atoms with Crippen molar-refractivity contribution in [2.45, 2.75) is 19.9 Å². The number of halogens is 2. The first-order valence-corrected chi connectivity index (χ1v) is 8.12. The van der Waals surface area contributed by atoms with E-state index in [0.29, 0.717) is 22.5 Å². The van der Waals surface area contributed by atoms with Gasteiger partial charge in [-0.2, -0.15) is 0 Å². The molecule has 0 bridgehead atoms. The molecule has 3 aromatic rings. The molecule has 9 heteroatoms. The van der Waals surface area contributed by atoms with Crippen LogP contribution in [0.4, 0.5) is 13.6 Å². The number of carbonyl (C=O) groups is 1. The number of pyridine rings is 3. The van der Waals surface area contributed by atoms with Crippen molar-refractivity contribution < 1.29 is 23.4 Å². The summed E-state index contributed by atoms with van der Waals surface area (Å²) in [6, 6.07) is 7.91. The van der Waals surface area contributed by atoms with Crippen molar-refractivity contribution in [3.05, 3.63) is 47.9 Å². The molecule has 0 aliphatic heterocycles. The number of alkyl halides is 2. The zero-order valence-electron chi connectivity index (χ0n) is 14.3. The van der Waals surface area contributed by atoms with Gasteiger partial charge in [0.2, 0.25) is 5.88 Å². The molecule has 0 fully saturated rings. The molecule has 2 N–H and O–H groups in total. The average Bonchev–Trinajstić information content (AvgIpc) is 2.66. The molecule has 0 saturated heterocycles. The van der Waals surface area contributed by atoms with Crippen LogP contribution in [0.3, 0.4) is 0 Å². The first-order valence-electron chi connectivity index (χ1n) is 8.12. The predicted molar refractivity (Wildman–Crippen MR) is 93.8 cm³/mol. The van der Waals surface area contributed by atoms with E-state index in [4.69, 9.17) is 9.84 Å². The number of fused-ring (bicyclic) bond motifs is 1. The Morgan fingerprint density at radius 3 is 2.78 bits per heavy atom. The maximum Gasteiger partial charge on any atom is 0.404 e. The van der Waals surface area contributed by atoms with Gasteiger partial charge in [-0.05, 0) is 37.3 Å². The van der Waals surface area contributed by atoms with Gasteiger partial charge in [0.15, 0.2) is 0 Å². The van der Waals surface area contributed by atoms with Crippen molar-refractivity contribution in [2.75, 3.05) is 6.61 Å². The molecular formula is C18H16F2N4O3. The summed E-state index contributed by atoms with van der Waals surface area (Å²) in [6.45, 7) is 2.06. The van der Waals surface area contributed by atoms with E-state index < -0.39 is 12.5 Å². The molecule has 0 aromatic carbocycles. The van der Waals surface area contributed by atoms with Gasteiger partial charge in [-0.25, -0.2) is 23.5 Å². The summed E-state index contributed by atoms with van der Waals surface area (Å²) in [5.74, 6) is 0.0870. The molecule has 3 rings (SSSR count). The van der Waals surface area contributed by atoms with Crippen LogP contribution in [-0.4, -0.2) is 32.8 Å². The summed E-state index contributed by atoms with van der Waals surface area (Å²) in [5.41, 5.74) is 1.72. The van der Waals surface area contributed by atoms with Gasteiger partial charge in [-0.15, -0.1) is 0 Å². The summed E-state index contributed by atoms with van der Waals surface area (Å²) in [5, 5.41) is 11.7. The summed E-state index contributed by atoms with van der Waals surface area (Å²) in [4.78, 5) is 23.2. The number of carboxylic acid groups (broad SMARTS) is 1. The summed E-state index contributed by atoms with van der Waals surface area (Å²) >= 11 is 0. The highest BCUT2D eigenvalue weighted by Gasteiger charge is 2.16. The standard InChI is InChI=1S/C18H16F2N4O3/c1-2-27-17-12(4-6-14(24-17)16(19)20)13-5-3-10-8-21-11(7-15(10)23-13)9-22-18(25)26/h3-8,16,22H,2,9H2,1H3,(H,25,26). The third kappa shape index (κ3) is 4.25. The monoisotopic (exact) mass is 374 g/mol. The molecule has 0 aliphatic rings. The van der Waals surface area contributed by atoms with Crippen LogP contribution in [0.25, 0.3) is 22.2 Å². The van der Waals surface area contributed by atoms with E-state index in [1.54, 1.807) is 31.3 Å². The van der Waals surface area contributed by atoms with Crippen LogP contribution in [0, 0.1) is 0 Å². The van der Waals surface area contributed by atoms with Gasteiger partial charge < -0.3 is 15.2 Å². The van der Waals surface area contributed by atoms with E-state index in [0.717, 1.165) is 5.39 Å². The lowest BCUT2D eigenvalue weighted by atomic mass is 10.1. The van der Waals surface area contributed by atoms with Crippen LogP contribution in [0.5, 0.6) is 5.88 Å².